The summed E-state index contributed by atoms with van der Waals surface area (Å²) in [7, 11) is 0. The van der Waals surface area contributed by atoms with Crippen molar-refractivity contribution in [3.63, 3.8) is 0 Å². The Bertz CT molecular complexity index is 1010. The minimum absolute atomic E-state index is 0.141. The van der Waals surface area contributed by atoms with E-state index >= 15 is 0 Å². The van der Waals surface area contributed by atoms with Crippen molar-refractivity contribution in [1.82, 2.24) is 9.78 Å². The van der Waals surface area contributed by atoms with Crippen LogP contribution >= 0.6 is 0 Å². The predicted octanol–water partition coefficient (Wildman–Crippen LogP) is 4.62. The van der Waals surface area contributed by atoms with Crippen LogP contribution in [0.1, 0.15) is 0 Å². The smallest absolute Gasteiger partial charge is 0.158 e. The molecule has 0 aliphatic carbocycles. The Kier molecular flexibility index (Phi) is 3.71. The van der Waals surface area contributed by atoms with Gasteiger partial charge in [0, 0.05) is 11.1 Å². The average molecular weight is 328 g/mol. The molecule has 0 radical (unpaired) electrons. The number of hydrogen-bond acceptors (Lipinski definition) is 3. The van der Waals surface area contributed by atoms with E-state index in [-0.39, 0.29) is 11.5 Å². The number of hydrogen-bond donors (Lipinski definition) is 2. The van der Waals surface area contributed by atoms with Gasteiger partial charge in [0.2, 0.25) is 0 Å². The van der Waals surface area contributed by atoms with Gasteiger partial charge in [-0.25, -0.2) is 4.68 Å². The molecule has 3 aromatic carbocycles. The van der Waals surface area contributed by atoms with Crippen LogP contribution in [0.3, 0.4) is 0 Å². The number of benzene rings is 3. The molecule has 1 heterocycles. The second-order valence-corrected chi connectivity index (χ2v) is 5.73. The predicted molar refractivity (Wildman–Crippen MR) is 97.8 cm³/mol. The molecular weight excluding hydrogens is 312 g/mol. The number of para-hydroxylation sites is 1. The van der Waals surface area contributed by atoms with Gasteiger partial charge in [-0.05, 0) is 36.4 Å². The lowest BCUT2D eigenvalue weighted by atomic mass is 10.1. The van der Waals surface area contributed by atoms with Gasteiger partial charge in [0.25, 0.3) is 0 Å². The lowest BCUT2D eigenvalue weighted by Crippen LogP contribution is -1.98. The molecule has 0 amide bonds. The van der Waals surface area contributed by atoms with Crippen LogP contribution in [0.4, 0.5) is 0 Å². The quantitative estimate of drug-likeness (QED) is 0.540. The Labute approximate surface area is 145 Å². The normalized spacial score (nSPS) is 10.7. The zero-order chi connectivity index (χ0) is 17.2. The second kappa shape index (κ2) is 6.17. The minimum atomic E-state index is -0.153. The Hall–Kier alpha value is -3.53. The van der Waals surface area contributed by atoms with E-state index in [1.54, 1.807) is 12.1 Å². The van der Waals surface area contributed by atoms with Gasteiger partial charge in [0.1, 0.15) is 0 Å². The molecule has 0 aliphatic rings. The fourth-order valence-electron chi connectivity index (χ4n) is 2.79. The van der Waals surface area contributed by atoms with Crippen molar-refractivity contribution in [2.45, 2.75) is 0 Å². The summed E-state index contributed by atoms with van der Waals surface area (Å²) in [4.78, 5) is 0. The zero-order valence-electron chi connectivity index (χ0n) is 13.4. The van der Waals surface area contributed by atoms with E-state index in [0.29, 0.717) is 0 Å². The number of phenols is 2. The fraction of sp³-hybridized carbons (Fsp3) is 0. The van der Waals surface area contributed by atoms with E-state index in [0.717, 1.165) is 28.2 Å². The summed E-state index contributed by atoms with van der Waals surface area (Å²) in [6, 6.07) is 26.5. The van der Waals surface area contributed by atoms with E-state index in [4.69, 9.17) is 5.10 Å². The van der Waals surface area contributed by atoms with Crippen LogP contribution in [0.15, 0.2) is 84.9 Å². The largest absolute Gasteiger partial charge is 0.504 e. The van der Waals surface area contributed by atoms with Crippen LogP contribution in [0.2, 0.25) is 0 Å². The van der Waals surface area contributed by atoms with Gasteiger partial charge >= 0.3 is 0 Å². The van der Waals surface area contributed by atoms with E-state index in [1.807, 2.05) is 71.4 Å². The van der Waals surface area contributed by atoms with Gasteiger partial charge in [-0.15, -0.1) is 0 Å². The molecule has 4 aromatic rings. The first-order chi connectivity index (χ1) is 12.2. The van der Waals surface area contributed by atoms with E-state index in [1.165, 1.54) is 6.07 Å². The highest BCUT2D eigenvalue weighted by atomic mass is 16.3. The highest BCUT2D eigenvalue weighted by molar-refractivity contribution is 5.72. The molecule has 0 fully saturated rings. The lowest BCUT2D eigenvalue weighted by Gasteiger charge is -2.08. The number of rotatable bonds is 3. The third-order valence-electron chi connectivity index (χ3n) is 4.05. The average Bonchev–Trinajstić information content (AvgIpc) is 3.11. The number of nitrogens with zero attached hydrogens (tertiary/aromatic N) is 2. The van der Waals surface area contributed by atoms with Crippen molar-refractivity contribution >= 4 is 0 Å². The van der Waals surface area contributed by atoms with E-state index in [2.05, 4.69) is 0 Å². The molecule has 0 unspecified atom stereocenters. The Morgan fingerprint density at radius 2 is 1.32 bits per heavy atom. The standard InChI is InChI=1S/C21H16N2O2/c24-20-12-11-16(13-21(20)25)19-14-18(15-7-3-1-4-8-15)22-23(19)17-9-5-2-6-10-17/h1-14,24-25H. The van der Waals surface area contributed by atoms with Crippen molar-refractivity contribution in [3.05, 3.63) is 84.9 Å². The molecular formula is C21H16N2O2. The summed E-state index contributed by atoms with van der Waals surface area (Å²) in [5.41, 5.74) is 4.38. The van der Waals surface area contributed by atoms with Gasteiger partial charge in [-0.2, -0.15) is 5.10 Å². The van der Waals surface area contributed by atoms with Crippen LogP contribution in [0.25, 0.3) is 28.2 Å². The SMILES string of the molecule is Oc1ccc(-c2cc(-c3ccccc3)nn2-c2ccccc2)cc1O. The zero-order valence-corrected chi connectivity index (χ0v) is 13.4. The van der Waals surface area contributed by atoms with Crippen molar-refractivity contribution in [1.29, 1.82) is 0 Å². The second-order valence-electron chi connectivity index (χ2n) is 5.73. The molecule has 1 aromatic heterocycles. The number of aromatic hydroxyl groups is 2. The number of phenolic OH excluding ortho intramolecular Hbond substituents is 2. The lowest BCUT2D eigenvalue weighted by molar-refractivity contribution is 0.404. The molecule has 0 atom stereocenters. The van der Waals surface area contributed by atoms with E-state index < -0.39 is 0 Å². The summed E-state index contributed by atoms with van der Waals surface area (Å²) in [6.45, 7) is 0. The van der Waals surface area contributed by atoms with Crippen LogP contribution in [0, 0.1) is 0 Å². The van der Waals surface area contributed by atoms with Crippen LogP contribution < -0.4 is 0 Å². The maximum absolute atomic E-state index is 9.87. The highest BCUT2D eigenvalue weighted by Crippen LogP contribution is 2.33. The Morgan fingerprint density at radius 1 is 0.640 bits per heavy atom. The van der Waals surface area contributed by atoms with Crippen molar-refractivity contribution in [2.24, 2.45) is 0 Å². The Morgan fingerprint density at radius 3 is 2.00 bits per heavy atom. The van der Waals surface area contributed by atoms with Gasteiger partial charge < -0.3 is 10.2 Å². The molecule has 0 bridgehead atoms. The molecule has 0 spiro atoms. The molecule has 4 heteroatoms. The third kappa shape index (κ3) is 2.85. The van der Waals surface area contributed by atoms with Crippen molar-refractivity contribution in [2.75, 3.05) is 0 Å². The summed E-state index contributed by atoms with van der Waals surface area (Å²) in [5.74, 6) is -0.294. The maximum Gasteiger partial charge on any atom is 0.158 e. The maximum atomic E-state index is 9.87. The molecule has 0 saturated carbocycles. The van der Waals surface area contributed by atoms with Crippen LogP contribution in [-0.4, -0.2) is 20.0 Å². The molecule has 4 rings (SSSR count). The number of aromatic nitrogens is 2. The summed E-state index contributed by atoms with van der Waals surface area (Å²) in [5, 5.41) is 24.2. The van der Waals surface area contributed by atoms with Gasteiger partial charge in [0.15, 0.2) is 11.5 Å². The Balaban J connectivity index is 1.92. The molecule has 4 nitrogen and oxygen atoms in total. The first kappa shape index (κ1) is 15.0. The minimum Gasteiger partial charge on any atom is -0.504 e. The first-order valence-electron chi connectivity index (χ1n) is 7.95. The van der Waals surface area contributed by atoms with Crippen molar-refractivity contribution in [3.8, 4) is 39.7 Å². The topological polar surface area (TPSA) is 58.3 Å². The summed E-state index contributed by atoms with van der Waals surface area (Å²) >= 11 is 0. The van der Waals surface area contributed by atoms with Gasteiger partial charge in [-0.3, -0.25) is 0 Å². The van der Waals surface area contributed by atoms with Gasteiger partial charge in [-0.1, -0.05) is 48.5 Å². The fourth-order valence-corrected chi connectivity index (χ4v) is 2.79. The highest BCUT2D eigenvalue weighted by Gasteiger charge is 2.14. The molecule has 0 aliphatic heterocycles. The van der Waals surface area contributed by atoms with Gasteiger partial charge in [0.05, 0.1) is 17.1 Å². The third-order valence-corrected chi connectivity index (χ3v) is 4.05. The van der Waals surface area contributed by atoms with Crippen LogP contribution in [-0.2, 0) is 0 Å². The van der Waals surface area contributed by atoms with E-state index in [9.17, 15) is 10.2 Å². The summed E-state index contributed by atoms with van der Waals surface area (Å²) < 4.78 is 1.84. The summed E-state index contributed by atoms with van der Waals surface area (Å²) in [6.07, 6.45) is 0. The first-order valence-corrected chi connectivity index (χ1v) is 7.95. The molecule has 2 N–H and O–H groups in total. The van der Waals surface area contributed by atoms with Crippen LogP contribution in [0.5, 0.6) is 11.5 Å². The van der Waals surface area contributed by atoms with Crippen molar-refractivity contribution < 1.29 is 10.2 Å². The molecule has 122 valence electrons. The monoisotopic (exact) mass is 328 g/mol. The molecule has 0 saturated heterocycles. The molecule has 25 heavy (non-hydrogen) atoms.